The number of para-hydroxylation sites is 3. The number of hydrogen-bond acceptors (Lipinski definition) is 3. The molecular weight excluding hydrogens is 794 g/mol. The van der Waals surface area contributed by atoms with Crippen molar-refractivity contribution < 1.29 is 25.8 Å². The summed E-state index contributed by atoms with van der Waals surface area (Å²) in [5.74, 6) is 2.76. The van der Waals surface area contributed by atoms with Crippen LogP contribution in [0.5, 0.6) is 11.5 Å². The largest absolute Gasteiger partial charge is 2.00 e. The molecule has 1 aromatic heterocycles. The van der Waals surface area contributed by atoms with Gasteiger partial charge in [0.2, 0.25) is 0 Å². The van der Waals surface area contributed by atoms with Crippen molar-refractivity contribution in [3.8, 4) is 11.5 Å². The molecule has 1 aliphatic heterocycles. The van der Waals surface area contributed by atoms with Crippen molar-refractivity contribution >= 4 is 44.6 Å². The molecule has 0 saturated carbocycles. The van der Waals surface area contributed by atoms with Crippen molar-refractivity contribution in [2.24, 2.45) is 5.92 Å². The molecule has 0 amide bonds. The first-order valence-corrected chi connectivity index (χ1v) is 17.1. The third-order valence-electron chi connectivity index (χ3n) is 9.34. The topological polar surface area (TPSA) is 20.6 Å². The summed E-state index contributed by atoms with van der Waals surface area (Å²) in [6, 6.07) is 34.9. The Balaban J connectivity index is 0.00000432. The number of nitrogens with zero attached hydrogens (tertiary/aromatic N) is 3. The van der Waals surface area contributed by atoms with E-state index in [-0.39, 0.29) is 27.1 Å². The molecule has 2 unspecified atom stereocenters. The molecule has 2 heterocycles. The van der Waals surface area contributed by atoms with E-state index in [4.69, 9.17) is 4.74 Å². The average molecular weight is 837 g/mol. The van der Waals surface area contributed by atoms with Gasteiger partial charge in [-0.2, -0.15) is 12.1 Å². The fourth-order valence-corrected chi connectivity index (χ4v) is 7.44. The summed E-state index contributed by atoms with van der Waals surface area (Å²) >= 11 is 0. The Labute approximate surface area is 311 Å². The molecule has 1 aliphatic carbocycles. The Morgan fingerprint density at radius 3 is 2.26 bits per heavy atom. The first-order valence-electron chi connectivity index (χ1n) is 17.1. The van der Waals surface area contributed by atoms with E-state index in [1.54, 1.807) is 0 Å². The standard InChI is InChI=1S/C45H43N3O.Pt/c1-8-44-47(41-22-13-14-23-42(41)48(44)45-32(5)26-31(4)27-33(45)6)35-18-15-19-36(28-35)49-37-24-25-39-38-20-11-12-21-40(38)46(43(39)29-37)34(7)17-10-9-16-30(2)3;/h8-27,32,45H,1-7H3;/q-2;+2/b10-9-,34-17+,44-8-;. The van der Waals surface area contributed by atoms with E-state index in [1.165, 1.54) is 27.8 Å². The summed E-state index contributed by atoms with van der Waals surface area (Å²) in [7, 11) is 0. The number of benzene rings is 4. The van der Waals surface area contributed by atoms with Gasteiger partial charge >= 0.3 is 21.1 Å². The molecule has 7 rings (SSSR count). The minimum Gasteiger partial charge on any atom is -0.509 e. The smallest absolute Gasteiger partial charge is 0.509 e. The maximum Gasteiger partial charge on any atom is 2.00 e. The molecule has 5 heteroatoms. The van der Waals surface area contributed by atoms with Crippen molar-refractivity contribution in [1.82, 2.24) is 4.57 Å². The second-order valence-corrected chi connectivity index (χ2v) is 13.3. The molecule has 254 valence electrons. The number of allylic oxidation sites excluding steroid dienone is 9. The fraction of sp³-hybridized carbons (Fsp3) is 0.200. The van der Waals surface area contributed by atoms with Gasteiger partial charge < -0.3 is 19.1 Å². The van der Waals surface area contributed by atoms with Crippen LogP contribution < -0.4 is 14.5 Å². The van der Waals surface area contributed by atoms with Crippen LogP contribution in [-0.2, 0) is 21.1 Å². The minimum atomic E-state index is 0. The molecule has 0 saturated heterocycles. The maximum atomic E-state index is 6.55. The summed E-state index contributed by atoms with van der Waals surface area (Å²) < 4.78 is 8.81. The molecule has 4 nitrogen and oxygen atoms in total. The van der Waals surface area contributed by atoms with Gasteiger partial charge in [0.05, 0.1) is 17.4 Å². The first kappa shape index (κ1) is 35.0. The molecule has 0 N–H and O–H groups in total. The quantitative estimate of drug-likeness (QED) is 0.120. The number of aromatic nitrogens is 1. The van der Waals surface area contributed by atoms with Crippen LogP contribution in [0.2, 0.25) is 0 Å². The number of ether oxygens (including phenoxy) is 1. The summed E-state index contributed by atoms with van der Waals surface area (Å²) in [6.07, 6.45) is 15.3. The van der Waals surface area contributed by atoms with Crippen LogP contribution in [0.1, 0.15) is 48.5 Å². The van der Waals surface area contributed by atoms with E-state index in [2.05, 4.69) is 178 Å². The average Bonchev–Trinajstić information content (AvgIpc) is 3.59. The molecule has 0 spiro atoms. The molecule has 50 heavy (non-hydrogen) atoms. The monoisotopic (exact) mass is 836 g/mol. The van der Waals surface area contributed by atoms with Gasteiger partial charge in [0.1, 0.15) is 5.82 Å². The Hall–Kier alpha value is -4.79. The van der Waals surface area contributed by atoms with Crippen molar-refractivity contribution in [2.75, 3.05) is 9.80 Å². The van der Waals surface area contributed by atoms with Crippen LogP contribution in [-0.4, -0.2) is 10.6 Å². The zero-order valence-corrected chi connectivity index (χ0v) is 32.0. The van der Waals surface area contributed by atoms with E-state index in [0.29, 0.717) is 17.4 Å². The Morgan fingerprint density at radius 2 is 1.50 bits per heavy atom. The summed E-state index contributed by atoms with van der Waals surface area (Å²) in [5.41, 5.74) is 10.4. The molecule has 0 bridgehead atoms. The molecule has 0 fully saturated rings. The van der Waals surface area contributed by atoms with Crippen molar-refractivity contribution in [3.05, 3.63) is 156 Å². The predicted molar refractivity (Wildman–Crippen MR) is 207 cm³/mol. The van der Waals surface area contributed by atoms with Crippen LogP contribution in [0.15, 0.2) is 144 Å². The van der Waals surface area contributed by atoms with E-state index in [0.717, 1.165) is 39.3 Å². The maximum absolute atomic E-state index is 6.55. The SMILES string of the molecule is C/C=C1/N(c2[c-]c(Oc3[c-]c4c(cc3)c3ccccc3n4/C(C)=C/C=C\C=C(C)C)ccc2)c2ccccc2N1C1C(C)=CC(C)=CC1C.[Pt+2]. The van der Waals surface area contributed by atoms with Crippen LogP contribution in [0.25, 0.3) is 27.5 Å². The summed E-state index contributed by atoms with van der Waals surface area (Å²) in [5, 5.41) is 2.33. The third-order valence-corrected chi connectivity index (χ3v) is 9.34. The summed E-state index contributed by atoms with van der Waals surface area (Å²) in [4.78, 5) is 4.79. The van der Waals surface area contributed by atoms with Crippen LogP contribution >= 0.6 is 0 Å². The zero-order valence-electron chi connectivity index (χ0n) is 29.8. The molecule has 2 atom stereocenters. The van der Waals surface area contributed by atoms with Crippen molar-refractivity contribution in [2.45, 2.75) is 54.5 Å². The van der Waals surface area contributed by atoms with Gasteiger partial charge in [0, 0.05) is 22.7 Å². The van der Waals surface area contributed by atoms with Gasteiger partial charge in [0.25, 0.3) is 0 Å². The normalized spacial score (nSPS) is 18.4. The van der Waals surface area contributed by atoms with Crippen LogP contribution in [0, 0.1) is 18.1 Å². The predicted octanol–water partition coefficient (Wildman–Crippen LogP) is 12.3. The van der Waals surface area contributed by atoms with Crippen molar-refractivity contribution in [3.63, 3.8) is 0 Å². The zero-order chi connectivity index (χ0) is 34.2. The van der Waals surface area contributed by atoms with Gasteiger partial charge in [-0.1, -0.05) is 90.0 Å². The Bertz CT molecular complexity index is 2260. The van der Waals surface area contributed by atoms with Gasteiger partial charge in [-0.15, -0.1) is 35.7 Å². The van der Waals surface area contributed by atoms with Gasteiger partial charge in [-0.3, -0.25) is 0 Å². The Kier molecular flexibility index (Phi) is 10.2. The molecule has 0 radical (unpaired) electrons. The minimum absolute atomic E-state index is 0. The van der Waals surface area contributed by atoms with E-state index >= 15 is 0 Å². The molecule has 5 aromatic rings. The summed E-state index contributed by atoms with van der Waals surface area (Å²) in [6.45, 7) is 15.2. The second kappa shape index (κ2) is 14.6. The van der Waals surface area contributed by atoms with Gasteiger partial charge in [0.15, 0.2) is 0 Å². The fourth-order valence-electron chi connectivity index (χ4n) is 7.44. The second-order valence-electron chi connectivity index (χ2n) is 13.3. The van der Waals surface area contributed by atoms with Crippen LogP contribution in [0.4, 0.5) is 17.1 Å². The number of rotatable bonds is 7. The van der Waals surface area contributed by atoms with E-state index in [1.807, 2.05) is 18.2 Å². The molecule has 4 aromatic carbocycles. The first-order chi connectivity index (χ1) is 23.7. The number of fused-ring (bicyclic) bond motifs is 4. The Morgan fingerprint density at radius 1 is 0.780 bits per heavy atom. The third kappa shape index (κ3) is 6.45. The van der Waals surface area contributed by atoms with Gasteiger partial charge in [-0.25, -0.2) is 0 Å². The van der Waals surface area contributed by atoms with Crippen molar-refractivity contribution in [1.29, 1.82) is 0 Å². The number of anilines is 3. The van der Waals surface area contributed by atoms with Crippen LogP contribution in [0.3, 0.4) is 0 Å². The number of hydrogen-bond donors (Lipinski definition) is 0. The van der Waals surface area contributed by atoms with E-state index < -0.39 is 0 Å². The van der Waals surface area contributed by atoms with Gasteiger partial charge in [-0.05, 0) is 88.8 Å². The molecular formula is C45H43N3OPt. The molecule has 2 aliphatic rings. The van der Waals surface area contributed by atoms with E-state index in [9.17, 15) is 0 Å².